The molecule has 1 aliphatic heterocycles. The third-order valence-corrected chi connectivity index (χ3v) is 2.89. The van der Waals surface area contributed by atoms with Crippen LogP contribution in [-0.4, -0.2) is 40.4 Å². The predicted octanol–water partition coefficient (Wildman–Crippen LogP) is 0.983. The molecule has 0 aromatic carbocycles. The summed E-state index contributed by atoms with van der Waals surface area (Å²) < 4.78 is 10.7. The van der Waals surface area contributed by atoms with Crippen molar-refractivity contribution >= 4 is 11.7 Å². The van der Waals surface area contributed by atoms with Gasteiger partial charge in [-0.3, -0.25) is 0 Å². The van der Waals surface area contributed by atoms with E-state index in [4.69, 9.17) is 20.0 Å². The average Bonchev–Trinajstić information content (AvgIpc) is 2.33. The lowest BCUT2D eigenvalue weighted by atomic mass is 10.0. The first kappa shape index (κ1) is 13.5. The van der Waals surface area contributed by atoms with E-state index < -0.39 is 24.5 Å². The molecule has 0 radical (unpaired) electrons. The molecule has 1 heterocycles. The fourth-order valence-corrected chi connectivity index (χ4v) is 1.88. The average molecular weight is 265 g/mol. The molecule has 0 unspecified atom stereocenters. The van der Waals surface area contributed by atoms with E-state index in [1.165, 1.54) is 6.08 Å². The Morgan fingerprint density at radius 1 is 1.47 bits per heavy atom. The molecule has 0 saturated carbocycles. The molecule has 2 aliphatic rings. The molecule has 0 spiro atoms. The van der Waals surface area contributed by atoms with Crippen molar-refractivity contribution in [1.82, 2.24) is 0 Å². The van der Waals surface area contributed by atoms with Crippen LogP contribution in [0.25, 0.3) is 0 Å². The zero-order valence-electron chi connectivity index (χ0n) is 10.2. The van der Waals surface area contributed by atoms with Crippen molar-refractivity contribution in [2.24, 2.45) is 0 Å². The fraction of sp³-hybridized carbons (Fsp3) is 0.385. The number of allylic oxidation sites excluding steroid dienone is 4. The van der Waals surface area contributed by atoms with Crippen LogP contribution in [0.15, 0.2) is 36.1 Å². The summed E-state index contributed by atoms with van der Waals surface area (Å²) in [5.74, 6) is -0.734. The number of aliphatic hydroxyl groups excluding tert-OH is 1. The van der Waals surface area contributed by atoms with Crippen molar-refractivity contribution in [3.8, 4) is 0 Å². The normalized spacial score (nSPS) is 31.0. The van der Waals surface area contributed by atoms with Gasteiger partial charge in [-0.1, -0.05) is 6.58 Å². The minimum atomic E-state index is -1.12. The van der Waals surface area contributed by atoms with Crippen LogP contribution < -0.4 is 0 Å². The standard InChI is InChI=1S/C13H15NO5/c1-7-2-3-9(6-10(7)14)18-12-5-8(15)4-11(19-12)13(16)17/h2-3,6,8,11-12,14-15H,1,4-5H2,(H,16,17)/t8-,11-,12+/m0/s1. The highest BCUT2D eigenvalue weighted by atomic mass is 16.7. The van der Waals surface area contributed by atoms with E-state index in [0.29, 0.717) is 11.3 Å². The summed E-state index contributed by atoms with van der Waals surface area (Å²) in [5, 5.41) is 26.1. The van der Waals surface area contributed by atoms with Crippen molar-refractivity contribution in [1.29, 1.82) is 5.41 Å². The Bertz CT molecular complexity index is 479. The predicted molar refractivity (Wildman–Crippen MR) is 66.7 cm³/mol. The second-order valence-corrected chi connectivity index (χ2v) is 4.45. The quantitative estimate of drug-likeness (QED) is 0.706. The first-order valence-electron chi connectivity index (χ1n) is 5.86. The summed E-state index contributed by atoms with van der Waals surface area (Å²) in [6.07, 6.45) is 2.30. The molecule has 19 heavy (non-hydrogen) atoms. The highest BCUT2D eigenvalue weighted by Gasteiger charge is 2.34. The van der Waals surface area contributed by atoms with Crippen molar-refractivity contribution in [3.63, 3.8) is 0 Å². The molecular formula is C13H15NO5. The lowest BCUT2D eigenvalue weighted by Gasteiger charge is -2.31. The summed E-state index contributed by atoms with van der Waals surface area (Å²) in [4.78, 5) is 10.9. The van der Waals surface area contributed by atoms with E-state index in [0.717, 1.165) is 0 Å². The van der Waals surface area contributed by atoms with Crippen LogP contribution in [0.5, 0.6) is 0 Å². The fourth-order valence-electron chi connectivity index (χ4n) is 1.88. The van der Waals surface area contributed by atoms with Gasteiger partial charge in [0.1, 0.15) is 5.76 Å². The Morgan fingerprint density at radius 2 is 2.21 bits per heavy atom. The number of nitrogens with one attached hydrogen (secondary N) is 1. The maximum absolute atomic E-state index is 10.9. The third-order valence-electron chi connectivity index (χ3n) is 2.89. The van der Waals surface area contributed by atoms with Gasteiger partial charge < -0.3 is 25.1 Å². The highest BCUT2D eigenvalue weighted by molar-refractivity contribution is 6.09. The zero-order chi connectivity index (χ0) is 14.0. The summed E-state index contributed by atoms with van der Waals surface area (Å²) in [6.45, 7) is 3.66. The SMILES string of the molecule is C=C1C=CC(O[C@H]2C[C@@H](O)C[C@@H](C(=O)O)O2)=CC1=N. The number of aliphatic carboxylic acids is 1. The van der Waals surface area contributed by atoms with Gasteiger partial charge in [-0.2, -0.15) is 0 Å². The molecule has 1 fully saturated rings. The maximum Gasteiger partial charge on any atom is 0.333 e. The first-order valence-corrected chi connectivity index (χ1v) is 5.86. The number of hydrogen-bond donors (Lipinski definition) is 3. The summed E-state index contributed by atoms with van der Waals surface area (Å²) in [7, 11) is 0. The van der Waals surface area contributed by atoms with Gasteiger partial charge in [-0.15, -0.1) is 0 Å². The summed E-state index contributed by atoms with van der Waals surface area (Å²) >= 11 is 0. The Hall–Kier alpha value is -1.92. The minimum Gasteiger partial charge on any atom is -0.479 e. The molecule has 3 N–H and O–H groups in total. The van der Waals surface area contributed by atoms with Crippen LogP contribution in [0.3, 0.4) is 0 Å². The Morgan fingerprint density at radius 3 is 2.84 bits per heavy atom. The lowest BCUT2D eigenvalue weighted by Crippen LogP contribution is -2.41. The van der Waals surface area contributed by atoms with Crippen molar-refractivity contribution in [2.75, 3.05) is 0 Å². The number of carboxylic acids is 1. The summed E-state index contributed by atoms with van der Waals surface area (Å²) in [6, 6.07) is 0. The number of carboxylic acid groups (broad SMARTS) is 1. The van der Waals surface area contributed by atoms with Gasteiger partial charge in [0.25, 0.3) is 0 Å². The topological polar surface area (TPSA) is 99.8 Å². The molecule has 0 aromatic rings. The maximum atomic E-state index is 10.9. The molecule has 6 nitrogen and oxygen atoms in total. The van der Waals surface area contributed by atoms with Gasteiger partial charge in [-0.25, -0.2) is 4.79 Å². The number of rotatable bonds is 3. The van der Waals surface area contributed by atoms with Crippen LogP contribution in [0.2, 0.25) is 0 Å². The molecule has 0 amide bonds. The van der Waals surface area contributed by atoms with Crippen LogP contribution in [0, 0.1) is 5.41 Å². The smallest absolute Gasteiger partial charge is 0.333 e. The van der Waals surface area contributed by atoms with Crippen molar-refractivity contribution in [2.45, 2.75) is 31.3 Å². The van der Waals surface area contributed by atoms with Gasteiger partial charge in [-0.05, 0) is 17.7 Å². The number of carbonyl (C=O) groups is 1. The molecular weight excluding hydrogens is 250 g/mol. The first-order chi connectivity index (χ1) is 8.95. The second-order valence-electron chi connectivity index (χ2n) is 4.45. The van der Waals surface area contributed by atoms with E-state index in [1.54, 1.807) is 12.2 Å². The molecule has 6 heteroatoms. The van der Waals surface area contributed by atoms with Gasteiger partial charge in [0.2, 0.25) is 6.29 Å². The van der Waals surface area contributed by atoms with Crippen LogP contribution in [0.4, 0.5) is 0 Å². The highest BCUT2D eigenvalue weighted by Crippen LogP contribution is 2.24. The van der Waals surface area contributed by atoms with Gasteiger partial charge in [0.05, 0.1) is 11.8 Å². The molecule has 3 atom stereocenters. The van der Waals surface area contributed by atoms with E-state index in [2.05, 4.69) is 6.58 Å². The zero-order valence-corrected chi connectivity index (χ0v) is 10.2. The number of ether oxygens (including phenoxy) is 2. The van der Waals surface area contributed by atoms with Gasteiger partial charge >= 0.3 is 5.97 Å². The molecule has 1 aliphatic carbocycles. The van der Waals surface area contributed by atoms with E-state index in [9.17, 15) is 9.90 Å². The van der Waals surface area contributed by atoms with E-state index in [1.807, 2.05) is 0 Å². The lowest BCUT2D eigenvalue weighted by molar-refractivity contribution is -0.208. The largest absolute Gasteiger partial charge is 0.479 e. The van der Waals surface area contributed by atoms with E-state index >= 15 is 0 Å². The number of hydrogen-bond acceptors (Lipinski definition) is 5. The molecule has 0 aromatic heterocycles. The molecule has 0 bridgehead atoms. The number of aliphatic hydroxyl groups is 1. The van der Waals surface area contributed by atoms with Crippen LogP contribution >= 0.6 is 0 Å². The van der Waals surface area contributed by atoms with Crippen LogP contribution in [0.1, 0.15) is 12.8 Å². The summed E-state index contributed by atoms with van der Waals surface area (Å²) in [5.41, 5.74) is 0.795. The second kappa shape index (κ2) is 5.38. The minimum absolute atomic E-state index is 0.0523. The Labute approximate surface area is 110 Å². The van der Waals surface area contributed by atoms with Crippen molar-refractivity contribution in [3.05, 3.63) is 36.1 Å². The Kier molecular flexibility index (Phi) is 3.82. The molecule has 102 valence electrons. The molecule has 2 rings (SSSR count). The molecule has 1 saturated heterocycles. The van der Waals surface area contributed by atoms with Crippen molar-refractivity contribution < 1.29 is 24.5 Å². The van der Waals surface area contributed by atoms with Gasteiger partial charge in [0, 0.05) is 18.9 Å². The Balaban J connectivity index is 2.01. The van der Waals surface area contributed by atoms with E-state index in [-0.39, 0.29) is 18.6 Å². The third kappa shape index (κ3) is 3.30. The van der Waals surface area contributed by atoms with Gasteiger partial charge in [0.15, 0.2) is 6.10 Å². The monoisotopic (exact) mass is 265 g/mol. The van der Waals surface area contributed by atoms with Crippen LogP contribution in [-0.2, 0) is 14.3 Å².